The summed E-state index contributed by atoms with van der Waals surface area (Å²) in [4.78, 5) is 0. The number of hydrogen-bond acceptors (Lipinski definition) is 5. The number of rotatable bonds is 13. The van der Waals surface area contributed by atoms with E-state index in [4.69, 9.17) is 9.47 Å². The summed E-state index contributed by atoms with van der Waals surface area (Å²) in [6.07, 6.45) is 2.26. The van der Waals surface area contributed by atoms with Gasteiger partial charge in [-0.2, -0.15) is 0 Å². The fraction of sp³-hybridized carbons (Fsp3) is 0.212. The van der Waals surface area contributed by atoms with Crippen molar-refractivity contribution < 1.29 is 52.0 Å². The van der Waals surface area contributed by atoms with E-state index in [0.29, 0.717) is 12.4 Å². The van der Waals surface area contributed by atoms with Crippen molar-refractivity contribution in [3.05, 3.63) is 131 Å². The molecule has 0 unspecified atom stereocenters. The van der Waals surface area contributed by atoms with Crippen LogP contribution >= 0.6 is 0 Å². The van der Waals surface area contributed by atoms with E-state index in [-0.39, 0.29) is 42.6 Å². The summed E-state index contributed by atoms with van der Waals surface area (Å²) >= 11 is 0. The van der Waals surface area contributed by atoms with Crippen molar-refractivity contribution in [2.24, 2.45) is 0 Å². The zero-order chi connectivity index (χ0) is 27.5. The minimum Gasteiger partial charge on any atom is -0.748 e. The van der Waals surface area contributed by atoms with Crippen LogP contribution in [0.4, 0.5) is 0 Å². The van der Waals surface area contributed by atoms with Crippen LogP contribution in [0, 0.1) is 0 Å². The minimum atomic E-state index is -4.24. The van der Waals surface area contributed by atoms with Gasteiger partial charge in [0.1, 0.15) is 11.5 Å². The fourth-order valence-electron chi connectivity index (χ4n) is 4.32. The molecular formula is C33H33NaO5S. The van der Waals surface area contributed by atoms with E-state index in [1.165, 1.54) is 0 Å². The average molecular weight is 565 g/mol. The van der Waals surface area contributed by atoms with E-state index in [2.05, 4.69) is 43.3 Å². The molecule has 202 valence electrons. The molecule has 0 aromatic heterocycles. The van der Waals surface area contributed by atoms with Crippen LogP contribution in [0.25, 0.3) is 11.1 Å². The molecule has 0 aliphatic rings. The summed E-state index contributed by atoms with van der Waals surface area (Å²) in [5.74, 6) is 1.03. The van der Waals surface area contributed by atoms with Gasteiger partial charge in [0.2, 0.25) is 0 Å². The van der Waals surface area contributed by atoms with E-state index in [0.717, 1.165) is 52.0 Å². The van der Waals surface area contributed by atoms with Gasteiger partial charge in [0.05, 0.1) is 23.3 Å². The molecule has 0 fully saturated rings. The predicted octanol–water partition coefficient (Wildman–Crippen LogP) is 4.19. The smallest absolute Gasteiger partial charge is 0.748 e. The number of unbranched alkanes of at least 4 members (excludes halogenated alkanes) is 1. The van der Waals surface area contributed by atoms with Gasteiger partial charge in [-0.15, -0.1) is 0 Å². The fourth-order valence-corrected chi connectivity index (χ4v) is 4.79. The van der Waals surface area contributed by atoms with Crippen LogP contribution in [0.5, 0.6) is 11.5 Å². The maximum absolute atomic E-state index is 10.8. The monoisotopic (exact) mass is 564 g/mol. The molecule has 0 amide bonds. The van der Waals surface area contributed by atoms with E-state index in [1.54, 1.807) is 0 Å². The summed E-state index contributed by atoms with van der Waals surface area (Å²) < 4.78 is 44.1. The summed E-state index contributed by atoms with van der Waals surface area (Å²) in [6.45, 7) is 3.01. The summed E-state index contributed by atoms with van der Waals surface area (Å²) in [5, 5.41) is 0. The molecule has 0 atom stereocenters. The summed E-state index contributed by atoms with van der Waals surface area (Å²) in [6, 6.07) is 36.6. The second-order valence-corrected chi connectivity index (χ2v) is 10.7. The minimum absolute atomic E-state index is 0. The Labute approximate surface area is 259 Å². The average Bonchev–Trinajstić information content (AvgIpc) is 2.96. The maximum atomic E-state index is 10.8. The zero-order valence-corrected chi connectivity index (χ0v) is 25.9. The van der Waals surface area contributed by atoms with Crippen LogP contribution in [0.2, 0.25) is 0 Å². The largest absolute Gasteiger partial charge is 1.00 e. The van der Waals surface area contributed by atoms with Crippen molar-refractivity contribution in [2.45, 2.75) is 26.2 Å². The van der Waals surface area contributed by atoms with Crippen LogP contribution in [-0.2, 0) is 10.1 Å². The van der Waals surface area contributed by atoms with Gasteiger partial charge in [0.25, 0.3) is 0 Å². The molecule has 0 saturated carbocycles. The molecule has 7 heteroatoms. The molecule has 4 rings (SSSR count). The third-order valence-corrected chi connectivity index (χ3v) is 7.02. The Morgan fingerprint density at radius 3 is 1.35 bits per heavy atom. The third kappa shape index (κ3) is 9.36. The number of ether oxygens (including phenoxy) is 2. The van der Waals surface area contributed by atoms with Crippen LogP contribution in [0.1, 0.15) is 48.4 Å². The molecule has 0 heterocycles. The van der Waals surface area contributed by atoms with E-state index >= 15 is 0 Å². The first-order valence-electron chi connectivity index (χ1n) is 13.2. The van der Waals surface area contributed by atoms with Crippen molar-refractivity contribution in [1.82, 2.24) is 0 Å². The maximum Gasteiger partial charge on any atom is 1.00 e. The Morgan fingerprint density at radius 1 is 0.600 bits per heavy atom. The molecular weight excluding hydrogens is 531 g/mol. The Bertz CT molecular complexity index is 1450. The molecule has 0 radical (unpaired) electrons. The zero-order valence-electron chi connectivity index (χ0n) is 23.1. The van der Waals surface area contributed by atoms with E-state index in [1.807, 2.05) is 72.8 Å². The van der Waals surface area contributed by atoms with Gasteiger partial charge in [-0.3, -0.25) is 0 Å². The molecule has 0 N–H and O–H groups in total. The topological polar surface area (TPSA) is 75.7 Å². The first-order valence-corrected chi connectivity index (χ1v) is 14.8. The van der Waals surface area contributed by atoms with Crippen molar-refractivity contribution in [1.29, 1.82) is 0 Å². The third-order valence-electron chi connectivity index (χ3n) is 6.23. The van der Waals surface area contributed by atoms with E-state index < -0.39 is 15.9 Å². The standard InChI is InChI=1S/C33H34O5S.Na/c1-2-3-23-37-30-19-15-28(16-20-30)32(26-11-6-4-7-12-26)33(27-13-8-5-9-14-27)29-17-21-31(22-18-29)38-24-10-25-39(34,35)36;/h4-9,11-22H,2-3,10,23-25H2,1H3,(H,34,35,36);/q;+1/p-1. The van der Waals surface area contributed by atoms with Crippen molar-refractivity contribution in [3.63, 3.8) is 0 Å². The van der Waals surface area contributed by atoms with Crippen molar-refractivity contribution >= 4 is 21.3 Å². The van der Waals surface area contributed by atoms with Gasteiger partial charge in [-0.25, -0.2) is 8.42 Å². The second-order valence-electron chi connectivity index (χ2n) is 9.20. The van der Waals surface area contributed by atoms with Gasteiger partial charge in [0, 0.05) is 5.75 Å². The molecule has 40 heavy (non-hydrogen) atoms. The molecule has 0 bridgehead atoms. The van der Waals surface area contributed by atoms with Crippen LogP contribution in [0.15, 0.2) is 109 Å². The van der Waals surface area contributed by atoms with Gasteiger partial charge >= 0.3 is 29.6 Å². The second kappa shape index (κ2) is 15.8. The molecule has 0 saturated heterocycles. The van der Waals surface area contributed by atoms with Crippen LogP contribution < -0.4 is 39.0 Å². The molecule has 4 aromatic carbocycles. The van der Waals surface area contributed by atoms with Gasteiger partial charge in [0.15, 0.2) is 0 Å². The first kappa shape index (κ1) is 31.7. The SMILES string of the molecule is CCCCOc1ccc(C(=C(c2ccccc2)c2ccc(OCCCS(=O)(=O)[O-])cc2)c2ccccc2)cc1.[Na+]. The van der Waals surface area contributed by atoms with E-state index in [9.17, 15) is 13.0 Å². The number of hydrogen-bond donors (Lipinski definition) is 0. The van der Waals surface area contributed by atoms with Crippen LogP contribution in [-0.4, -0.2) is 31.9 Å². The molecule has 5 nitrogen and oxygen atoms in total. The Morgan fingerprint density at radius 2 is 0.975 bits per heavy atom. The Kier molecular flexibility index (Phi) is 12.5. The number of benzene rings is 4. The molecule has 0 aliphatic carbocycles. The van der Waals surface area contributed by atoms with Crippen LogP contribution in [0.3, 0.4) is 0 Å². The molecule has 0 spiro atoms. The first-order chi connectivity index (χ1) is 18.9. The normalized spacial score (nSPS) is 11.8. The predicted molar refractivity (Wildman–Crippen MR) is 156 cm³/mol. The molecule has 0 aliphatic heterocycles. The van der Waals surface area contributed by atoms with Crippen molar-refractivity contribution in [2.75, 3.05) is 19.0 Å². The van der Waals surface area contributed by atoms with Gasteiger partial charge in [-0.1, -0.05) is 98.3 Å². The van der Waals surface area contributed by atoms with Gasteiger partial charge < -0.3 is 14.0 Å². The quantitative estimate of drug-likeness (QED) is 0.105. The summed E-state index contributed by atoms with van der Waals surface area (Å²) in [7, 11) is -4.24. The van der Waals surface area contributed by atoms with Crippen molar-refractivity contribution in [3.8, 4) is 11.5 Å². The van der Waals surface area contributed by atoms with Gasteiger partial charge in [-0.05, 0) is 70.5 Å². The summed E-state index contributed by atoms with van der Waals surface area (Å²) in [5.41, 5.74) is 6.42. The molecule has 4 aromatic rings. The Hall–Kier alpha value is -2.87. The Balaban J connectivity index is 0.00000441.